The monoisotopic (exact) mass is 617 g/mol. The van der Waals surface area contributed by atoms with Crippen molar-refractivity contribution < 1.29 is 41.0 Å². The second kappa shape index (κ2) is 7.34. The average Bonchev–Trinajstić information content (AvgIpc) is 2.53. The summed E-state index contributed by atoms with van der Waals surface area (Å²) in [6.07, 6.45) is 0. The lowest BCUT2D eigenvalue weighted by atomic mass is 10.2. The van der Waals surface area contributed by atoms with Gasteiger partial charge in [-0.05, 0) is 57.3 Å². The molecule has 0 radical (unpaired) electrons. The zero-order chi connectivity index (χ0) is 20.0. The average molecular weight is 617 g/mol. The summed E-state index contributed by atoms with van der Waals surface area (Å²) < 4.78 is 80.1. The Hall–Kier alpha value is -1.36. The van der Waals surface area contributed by atoms with Gasteiger partial charge in [0, 0.05) is 3.57 Å². The van der Waals surface area contributed by atoms with Crippen molar-refractivity contribution in [3.05, 3.63) is 48.1 Å². The molecule has 6 nitrogen and oxygen atoms in total. The third-order valence-corrected chi connectivity index (χ3v) is 5.76. The van der Waals surface area contributed by atoms with Gasteiger partial charge in [0.25, 0.3) is 15.9 Å². The molecule has 2 aromatic rings. The standard InChI is InChI=1S/C13H5F4I2NO5S/c14-6-8(16)12(9(17)7(15)11(6)22)26(24,25)20-13(23)4-1-3(18)2-5(19)10(4)21/h1-2,21-22H,(H,20,23). The van der Waals surface area contributed by atoms with Crippen LogP contribution in [-0.2, 0) is 10.0 Å². The second-order valence-corrected chi connectivity index (χ2v) is 8.68. The molecule has 0 aromatic heterocycles. The van der Waals surface area contributed by atoms with Crippen LogP contribution in [0, 0.1) is 30.4 Å². The molecule has 0 unspecified atom stereocenters. The Labute approximate surface area is 170 Å². The quantitative estimate of drug-likeness (QED) is 0.280. The lowest BCUT2D eigenvalue weighted by Gasteiger charge is -2.12. The Morgan fingerprint density at radius 3 is 1.92 bits per heavy atom. The van der Waals surface area contributed by atoms with Crippen molar-refractivity contribution in [3.63, 3.8) is 0 Å². The van der Waals surface area contributed by atoms with Gasteiger partial charge in [0.2, 0.25) is 11.6 Å². The van der Waals surface area contributed by atoms with Gasteiger partial charge in [-0.15, -0.1) is 0 Å². The first kappa shape index (κ1) is 20.9. The topological polar surface area (TPSA) is 104 Å². The van der Waals surface area contributed by atoms with Gasteiger partial charge in [-0.1, -0.05) is 0 Å². The van der Waals surface area contributed by atoms with E-state index in [0.29, 0.717) is 3.57 Å². The van der Waals surface area contributed by atoms with Crippen molar-refractivity contribution in [1.29, 1.82) is 0 Å². The summed E-state index contributed by atoms with van der Waals surface area (Å²) >= 11 is 3.41. The van der Waals surface area contributed by atoms with E-state index in [-0.39, 0.29) is 3.57 Å². The third kappa shape index (κ3) is 3.68. The van der Waals surface area contributed by atoms with Crippen LogP contribution in [-0.4, -0.2) is 24.5 Å². The maximum absolute atomic E-state index is 13.7. The number of carbonyl (C=O) groups is 1. The summed E-state index contributed by atoms with van der Waals surface area (Å²) in [6, 6.07) is 2.53. The number of carbonyl (C=O) groups excluding carboxylic acids is 1. The Kier molecular flexibility index (Phi) is 5.91. The molecule has 0 saturated heterocycles. The van der Waals surface area contributed by atoms with Gasteiger partial charge < -0.3 is 10.2 Å². The van der Waals surface area contributed by atoms with Gasteiger partial charge in [0.1, 0.15) is 5.75 Å². The fourth-order valence-corrected chi connectivity index (χ4v) is 4.75. The first-order valence-electron chi connectivity index (χ1n) is 6.18. The van der Waals surface area contributed by atoms with E-state index in [1.54, 1.807) is 45.2 Å². The van der Waals surface area contributed by atoms with Crippen LogP contribution < -0.4 is 4.72 Å². The molecule has 1 amide bonds. The lowest BCUT2D eigenvalue weighted by molar-refractivity contribution is 0.0978. The van der Waals surface area contributed by atoms with Crippen LogP contribution in [0.25, 0.3) is 0 Å². The molecule has 2 rings (SSSR count). The van der Waals surface area contributed by atoms with Crippen molar-refractivity contribution in [3.8, 4) is 11.5 Å². The largest absolute Gasteiger partial charge is 0.506 e. The van der Waals surface area contributed by atoms with Crippen LogP contribution >= 0.6 is 45.2 Å². The fraction of sp³-hybridized carbons (Fsp3) is 0. The van der Waals surface area contributed by atoms with E-state index in [0.717, 1.165) is 6.07 Å². The van der Waals surface area contributed by atoms with Crippen molar-refractivity contribution in [1.82, 2.24) is 4.72 Å². The van der Waals surface area contributed by atoms with E-state index in [1.807, 2.05) is 0 Å². The summed E-state index contributed by atoms with van der Waals surface area (Å²) in [5.41, 5.74) is -0.551. The predicted octanol–water partition coefficient (Wildman–Crippen LogP) is 2.98. The van der Waals surface area contributed by atoms with Gasteiger partial charge >= 0.3 is 0 Å². The normalized spacial score (nSPS) is 11.5. The SMILES string of the molecule is O=C(NS(=O)(=O)c1c(F)c(F)c(O)c(F)c1F)c1cc(I)cc(I)c1O. The molecule has 2 aromatic carbocycles. The minimum absolute atomic E-state index is 0.177. The zero-order valence-corrected chi connectivity index (χ0v) is 17.1. The van der Waals surface area contributed by atoms with Crippen LogP contribution in [0.4, 0.5) is 17.6 Å². The summed E-state index contributed by atoms with van der Waals surface area (Å²) in [4.78, 5) is 9.95. The molecule has 13 heteroatoms. The third-order valence-electron chi connectivity index (χ3n) is 2.97. The summed E-state index contributed by atoms with van der Waals surface area (Å²) in [5.74, 6) is -13.7. The molecule has 0 heterocycles. The molecule has 0 bridgehead atoms. The van der Waals surface area contributed by atoms with Gasteiger partial charge in [0.05, 0.1) is 9.13 Å². The molecule has 0 aliphatic rings. The van der Waals surface area contributed by atoms with Crippen LogP contribution in [0.2, 0.25) is 0 Å². The van der Waals surface area contributed by atoms with Crippen molar-refractivity contribution in [2.24, 2.45) is 0 Å². The number of hydrogen-bond acceptors (Lipinski definition) is 5. The molecule has 0 atom stereocenters. The fourth-order valence-electron chi connectivity index (χ4n) is 1.80. The molecule has 0 aliphatic carbocycles. The highest BCUT2D eigenvalue weighted by atomic mass is 127. The molecule has 26 heavy (non-hydrogen) atoms. The molecule has 0 aliphatic heterocycles. The van der Waals surface area contributed by atoms with E-state index in [4.69, 9.17) is 5.11 Å². The van der Waals surface area contributed by atoms with Crippen molar-refractivity contribution >= 4 is 61.1 Å². The second-order valence-electron chi connectivity index (χ2n) is 4.65. The van der Waals surface area contributed by atoms with Gasteiger partial charge in [0.15, 0.2) is 22.3 Å². The number of rotatable bonds is 3. The van der Waals surface area contributed by atoms with Gasteiger partial charge in [-0.3, -0.25) is 4.79 Å². The van der Waals surface area contributed by atoms with E-state index in [1.165, 1.54) is 10.8 Å². The summed E-state index contributed by atoms with van der Waals surface area (Å²) in [5, 5.41) is 18.7. The molecule has 0 fully saturated rings. The molecular weight excluding hydrogens is 612 g/mol. The number of hydrogen-bond donors (Lipinski definition) is 3. The van der Waals surface area contributed by atoms with Crippen molar-refractivity contribution in [2.75, 3.05) is 0 Å². The minimum atomic E-state index is -5.43. The summed E-state index contributed by atoms with van der Waals surface area (Å²) in [7, 11) is -5.43. The van der Waals surface area contributed by atoms with Crippen molar-refractivity contribution in [2.45, 2.75) is 4.90 Å². The molecular formula is C13H5F4I2NO5S. The maximum Gasteiger partial charge on any atom is 0.270 e. The van der Waals surface area contributed by atoms with Crippen LogP contribution in [0.15, 0.2) is 17.0 Å². The van der Waals surface area contributed by atoms with Crippen LogP contribution in [0.3, 0.4) is 0 Å². The highest BCUT2D eigenvalue weighted by Gasteiger charge is 2.34. The number of amides is 1. The molecule has 0 spiro atoms. The lowest BCUT2D eigenvalue weighted by Crippen LogP contribution is -2.32. The smallest absolute Gasteiger partial charge is 0.270 e. The number of halogens is 6. The van der Waals surface area contributed by atoms with E-state index in [2.05, 4.69) is 0 Å². The first-order chi connectivity index (χ1) is 11.9. The minimum Gasteiger partial charge on any atom is -0.506 e. The highest BCUT2D eigenvalue weighted by Crippen LogP contribution is 2.32. The van der Waals surface area contributed by atoms with Crippen LogP contribution in [0.1, 0.15) is 10.4 Å². The van der Waals surface area contributed by atoms with Crippen LogP contribution in [0.5, 0.6) is 11.5 Å². The van der Waals surface area contributed by atoms with Gasteiger partial charge in [-0.25, -0.2) is 21.9 Å². The Morgan fingerprint density at radius 2 is 1.42 bits per heavy atom. The maximum atomic E-state index is 13.7. The number of sulfonamides is 1. The zero-order valence-electron chi connectivity index (χ0n) is 11.9. The molecule has 140 valence electrons. The van der Waals surface area contributed by atoms with E-state index in [9.17, 15) is 35.9 Å². The molecule has 3 N–H and O–H groups in total. The Balaban J connectivity index is 2.56. The Bertz CT molecular complexity index is 1020. The summed E-state index contributed by atoms with van der Waals surface area (Å²) in [6.45, 7) is 0. The highest BCUT2D eigenvalue weighted by molar-refractivity contribution is 14.1. The van der Waals surface area contributed by atoms with Gasteiger partial charge in [-0.2, -0.15) is 8.78 Å². The first-order valence-corrected chi connectivity index (χ1v) is 9.82. The van der Waals surface area contributed by atoms with E-state index < -0.39 is 61.2 Å². The molecule has 0 saturated carbocycles. The Morgan fingerprint density at radius 1 is 0.923 bits per heavy atom. The number of phenolic OH excluding ortho intramolecular Hbond substituents is 2. The number of aromatic hydroxyl groups is 2. The number of nitrogens with one attached hydrogen (secondary N) is 1. The number of benzene rings is 2. The number of phenols is 2. The van der Waals surface area contributed by atoms with E-state index >= 15 is 0 Å². The predicted molar refractivity (Wildman–Crippen MR) is 96.1 cm³/mol.